The van der Waals surface area contributed by atoms with Gasteiger partial charge in [0.25, 0.3) is 0 Å². The molecule has 4 nitrogen and oxygen atoms in total. The van der Waals surface area contributed by atoms with Crippen molar-refractivity contribution in [3.05, 3.63) is 24.0 Å². The Morgan fingerprint density at radius 2 is 2.08 bits per heavy atom. The molecule has 0 radical (unpaired) electrons. The molecule has 0 amide bonds. The Bertz CT molecular complexity index is 479. The van der Waals surface area contributed by atoms with Crippen LogP contribution in [0.1, 0.15) is 10.5 Å². The van der Waals surface area contributed by atoms with Crippen LogP contribution in [0.15, 0.2) is 18.3 Å². The van der Waals surface area contributed by atoms with Gasteiger partial charge in [-0.05, 0) is 12.1 Å². The van der Waals surface area contributed by atoms with Crippen molar-refractivity contribution in [3.63, 3.8) is 0 Å². The molecular formula is C9H10N2O2. The third-order valence-corrected chi connectivity index (χ3v) is 2.31. The zero-order valence-electron chi connectivity index (χ0n) is 7.48. The standard InChI is InChI=1S/C9H10N2O2/c1-10-4-3-6-7(10)5-8(9(12)13)11(6)2/h3-5H,1-2H3,(H,12,13). The summed E-state index contributed by atoms with van der Waals surface area (Å²) in [7, 11) is 3.65. The van der Waals surface area contributed by atoms with E-state index in [4.69, 9.17) is 5.11 Å². The van der Waals surface area contributed by atoms with Crippen molar-refractivity contribution >= 4 is 17.0 Å². The normalized spacial score (nSPS) is 10.9. The molecule has 2 heterocycles. The molecule has 0 aromatic carbocycles. The maximum Gasteiger partial charge on any atom is 0.352 e. The van der Waals surface area contributed by atoms with Crippen LogP contribution < -0.4 is 0 Å². The number of carbonyl (C=O) groups is 1. The Morgan fingerprint density at radius 3 is 2.62 bits per heavy atom. The number of fused-ring (bicyclic) bond motifs is 1. The number of aromatic carboxylic acids is 1. The first-order valence-corrected chi connectivity index (χ1v) is 3.95. The molecule has 0 aliphatic heterocycles. The summed E-state index contributed by atoms with van der Waals surface area (Å²) in [4.78, 5) is 10.8. The van der Waals surface area contributed by atoms with Gasteiger partial charge in [-0.25, -0.2) is 4.79 Å². The monoisotopic (exact) mass is 178 g/mol. The van der Waals surface area contributed by atoms with Gasteiger partial charge in [0.05, 0.1) is 11.0 Å². The number of carboxylic acids is 1. The van der Waals surface area contributed by atoms with Crippen LogP contribution in [-0.4, -0.2) is 20.2 Å². The average molecular weight is 178 g/mol. The zero-order chi connectivity index (χ0) is 9.59. The van der Waals surface area contributed by atoms with E-state index in [-0.39, 0.29) is 0 Å². The van der Waals surface area contributed by atoms with Crippen LogP contribution >= 0.6 is 0 Å². The van der Waals surface area contributed by atoms with Gasteiger partial charge in [0, 0.05) is 20.3 Å². The Kier molecular flexibility index (Phi) is 1.45. The van der Waals surface area contributed by atoms with E-state index in [1.165, 1.54) is 0 Å². The first-order valence-electron chi connectivity index (χ1n) is 3.95. The summed E-state index contributed by atoms with van der Waals surface area (Å²) in [5.41, 5.74) is 2.21. The predicted octanol–water partition coefficient (Wildman–Crippen LogP) is 1.21. The van der Waals surface area contributed by atoms with Crippen molar-refractivity contribution < 1.29 is 9.90 Å². The molecule has 0 bridgehead atoms. The first-order chi connectivity index (χ1) is 6.11. The lowest BCUT2D eigenvalue weighted by atomic mass is 10.4. The molecule has 2 aromatic rings. The largest absolute Gasteiger partial charge is 0.477 e. The van der Waals surface area contributed by atoms with Crippen molar-refractivity contribution in [2.45, 2.75) is 0 Å². The summed E-state index contributed by atoms with van der Waals surface area (Å²) in [5, 5.41) is 8.85. The lowest BCUT2D eigenvalue weighted by Gasteiger charge is -1.95. The fourth-order valence-corrected chi connectivity index (χ4v) is 1.55. The summed E-state index contributed by atoms with van der Waals surface area (Å²) in [5.74, 6) is -0.890. The molecule has 0 aliphatic carbocycles. The topological polar surface area (TPSA) is 47.2 Å². The second-order valence-electron chi connectivity index (χ2n) is 3.09. The maximum atomic E-state index is 10.8. The van der Waals surface area contributed by atoms with Gasteiger partial charge in [-0.3, -0.25) is 0 Å². The summed E-state index contributed by atoms with van der Waals surface area (Å²) in [6, 6.07) is 3.58. The van der Waals surface area contributed by atoms with Crippen molar-refractivity contribution in [2.75, 3.05) is 0 Å². The Morgan fingerprint density at radius 1 is 1.38 bits per heavy atom. The number of nitrogens with zero attached hydrogens (tertiary/aromatic N) is 2. The summed E-state index contributed by atoms with van der Waals surface area (Å²) in [6.45, 7) is 0. The van der Waals surface area contributed by atoms with Gasteiger partial charge >= 0.3 is 5.97 Å². The van der Waals surface area contributed by atoms with Crippen molar-refractivity contribution in [1.29, 1.82) is 0 Å². The molecule has 2 rings (SSSR count). The highest BCUT2D eigenvalue weighted by Gasteiger charge is 2.12. The van der Waals surface area contributed by atoms with E-state index in [1.54, 1.807) is 17.7 Å². The van der Waals surface area contributed by atoms with Crippen LogP contribution in [-0.2, 0) is 14.1 Å². The lowest BCUT2D eigenvalue weighted by Crippen LogP contribution is -2.03. The van der Waals surface area contributed by atoms with E-state index < -0.39 is 5.97 Å². The number of carboxylic acid groups (broad SMARTS) is 1. The van der Waals surface area contributed by atoms with E-state index in [1.807, 2.05) is 23.9 Å². The molecule has 4 heteroatoms. The van der Waals surface area contributed by atoms with Crippen LogP contribution in [0, 0.1) is 0 Å². The van der Waals surface area contributed by atoms with Gasteiger partial charge in [0.2, 0.25) is 0 Å². The molecule has 1 N–H and O–H groups in total. The number of aromatic nitrogens is 2. The van der Waals surface area contributed by atoms with Gasteiger partial charge in [-0.1, -0.05) is 0 Å². The van der Waals surface area contributed by atoms with E-state index >= 15 is 0 Å². The summed E-state index contributed by atoms with van der Waals surface area (Å²) >= 11 is 0. The van der Waals surface area contributed by atoms with E-state index in [9.17, 15) is 4.79 Å². The fourth-order valence-electron chi connectivity index (χ4n) is 1.55. The molecule has 0 atom stereocenters. The molecule has 0 saturated heterocycles. The van der Waals surface area contributed by atoms with E-state index in [0.717, 1.165) is 11.0 Å². The quantitative estimate of drug-likeness (QED) is 0.713. The number of rotatable bonds is 1. The SMILES string of the molecule is Cn1ccc2c1cc(C(=O)O)n2C. The van der Waals surface area contributed by atoms with Gasteiger partial charge in [-0.2, -0.15) is 0 Å². The van der Waals surface area contributed by atoms with Gasteiger partial charge in [0.1, 0.15) is 5.69 Å². The molecule has 68 valence electrons. The van der Waals surface area contributed by atoms with Gasteiger partial charge in [0.15, 0.2) is 0 Å². The van der Waals surface area contributed by atoms with Crippen LogP contribution in [0.5, 0.6) is 0 Å². The molecule has 2 aromatic heterocycles. The third kappa shape index (κ3) is 0.950. The molecule has 0 unspecified atom stereocenters. The molecule has 0 saturated carbocycles. The maximum absolute atomic E-state index is 10.8. The van der Waals surface area contributed by atoms with E-state index in [0.29, 0.717) is 5.69 Å². The molecule has 0 fully saturated rings. The summed E-state index contributed by atoms with van der Waals surface area (Å²) < 4.78 is 3.58. The Balaban J connectivity index is 2.81. The molecule has 13 heavy (non-hydrogen) atoms. The van der Waals surface area contributed by atoms with Crippen molar-refractivity contribution in [3.8, 4) is 0 Å². The molecular weight excluding hydrogens is 168 g/mol. The predicted molar refractivity (Wildman–Crippen MR) is 48.8 cm³/mol. The highest BCUT2D eigenvalue weighted by Crippen LogP contribution is 2.18. The van der Waals surface area contributed by atoms with Crippen molar-refractivity contribution in [2.24, 2.45) is 14.1 Å². The minimum absolute atomic E-state index is 0.321. The third-order valence-electron chi connectivity index (χ3n) is 2.31. The smallest absolute Gasteiger partial charge is 0.352 e. The van der Waals surface area contributed by atoms with Crippen LogP contribution in [0.3, 0.4) is 0 Å². The fraction of sp³-hybridized carbons (Fsp3) is 0.222. The molecule has 0 spiro atoms. The van der Waals surface area contributed by atoms with Gasteiger partial charge in [-0.15, -0.1) is 0 Å². The Labute approximate surface area is 75.0 Å². The highest BCUT2D eigenvalue weighted by atomic mass is 16.4. The van der Waals surface area contributed by atoms with Crippen LogP contribution in [0.2, 0.25) is 0 Å². The zero-order valence-corrected chi connectivity index (χ0v) is 7.48. The number of hydrogen-bond donors (Lipinski definition) is 1. The number of hydrogen-bond acceptors (Lipinski definition) is 1. The van der Waals surface area contributed by atoms with Crippen molar-refractivity contribution in [1.82, 2.24) is 9.13 Å². The van der Waals surface area contributed by atoms with Gasteiger partial charge < -0.3 is 14.2 Å². The highest BCUT2D eigenvalue weighted by molar-refractivity contribution is 5.93. The minimum Gasteiger partial charge on any atom is -0.477 e. The lowest BCUT2D eigenvalue weighted by molar-refractivity contribution is 0.0687. The average Bonchev–Trinajstić information content (AvgIpc) is 2.55. The second-order valence-corrected chi connectivity index (χ2v) is 3.09. The van der Waals surface area contributed by atoms with Crippen LogP contribution in [0.25, 0.3) is 11.0 Å². The number of aryl methyl sites for hydroxylation is 2. The summed E-state index contributed by atoms with van der Waals surface area (Å²) in [6.07, 6.45) is 1.91. The Hall–Kier alpha value is -1.71. The van der Waals surface area contributed by atoms with E-state index in [2.05, 4.69) is 0 Å². The van der Waals surface area contributed by atoms with Crippen LogP contribution in [0.4, 0.5) is 0 Å². The second kappa shape index (κ2) is 2.39. The minimum atomic E-state index is -0.890. The molecule has 0 aliphatic rings. The first kappa shape index (κ1) is 7.91.